The molecule has 40 heavy (non-hydrogen) atoms. The summed E-state index contributed by atoms with van der Waals surface area (Å²) in [6.07, 6.45) is -4.26. The number of fused-ring (bicyclic) bond motifs is 1. The van der Waals surface area contributed by atoms with Gasteiger partial charge in [0.05, 0.1) is 28.5 Å². The maximum atomic E-state index is 14.4. The molecule has 1 heterocycles. The average molecular weight is 599 g/mol. The first-order valence-corrected chi connectivity index (χ1v) is 12.8. The molecule has 0 fully saturated rings. The van der Waals surface area contributed by atoms with Crippen LogP contribution >= 0.6 is 23.2 Å². The molecule has 1 atom stereocenters. The minimum atomic E-state index is -4.95. The minimum absolute atomic E-state index is 0.0148. The summed E-state index contributed by atoms with van der Waals surface area (Å²) < 4.78 is 57.3. The molecule has 0 aromatic heterocycles. The van der Waals surface area contributed by atoms with Crippen LogP contribution in [0.15, 0.2) is 58.8 Å². The van der Waals surface area contributed by atoms with Crippen LogP contribution < -0.4 is 5.32 Å². The number of carbonyl (C=O) groups excluding carboxylic acids is 1. The summed E-state index contributed by atoms with van der Waals surface area (Å²) >= 11 is 11.6. The van der Waals surface area contributed by atoms with Gasteiger partial charge in [0.1, 0.15) is 6.61 Å². The molecule has 3 aromatic rings. The number of hydrogen-bond donors (Lipinski definition) is 1. The van der Waals surface area contributed by atoms with Crippen LogP contribution in [0.25, 0.3) is 10.8 Å². The highest BCUT2D eigenvalue weighted by atomic mass is 35.5. The van der Waals surface area contributed by atoms with E-state index >= 15 is 0 Å². The Morgan fingerprint density at radius 1 is 1.18 bits per heavy atom. The number of amides is 1. The molecule has 0 spiro atoms. The maximum Gasteiger partial charge on any atom is 0.435 e. The van der Waals surface area contributed by atoms with Crippen molar-refractivity contribution in [1.82, 2.24) is 10.2 Å². The Hall–Kier alpha value is -3.41. The van der Waals surface area contributed by atoms with Gasteiger partial charge >= 0.3 is 6.18 Å². The van der Waals surface area contributed by atoms with Crippen LogP contribution in [-0.2, 0) is 15.3 Å². The summed E-state index contributed by atoms with van der Waals surface area (Å²) in [4.78, 5) is 25.0. The van der Waals surface area contributed by atoms with Crippen molar-refractivity contribution in [3.8, 4) is 0 Å². The predicted octanol–water partition coefficient (Wildman–Crippen LogP) is 6.16. The average Bonchev–Trinajstić information content (AvgIpc) is 3.37. The van der Waals surface area contributed by atoms with E-state index in [0.29, 0.717) is 35.1 Å². The highest BCUT2D eigenvalue weighted by Gasteiger charge is 2.62. The van der Waals surface area contributed by atoms with E-state index in [1.807, 2.05) is 19.0 Å². The SMILES string of the molecule is CN(C)CCON=CCNC(=O)c1ccc(C2=NOC(c3cc(Cl)c(F)c(Cl)c3)(C(F)(F)F)C2)c2ccccc12. The number of nitrogens with zero attached hydrogens (tertiary/aromatic N) is 3. The van der Waals surface area contributed by atoms with Gasteiger partial charge in [0, 0.05) is 29.7 Å². The number of hydrogen-bond acceptors (Lipinski definition) is 6. The number of carbonyl (C=O) groups is 1. The lowest BCUT2D eigenvalue weighted by Gasteiger charge is -2.29. The molecule has 0 aliphatic carbocycles. The molecule has 0 saturated carbocycles. The minimum Gasteiger partial charge on any atom is -0.395 e. The second kappa shape index (κ2) is 12.0. The van der Waals surface area contributed by atoms with Gasteiger partial charge in [-0.1, -0.05) is 63.8 Å². The first-order chi connectivity index (χ1) is 18.9. The monoisotopic (exact) mass is 598 g/mol. The van der Waals surface area contributed by atoms with Crippen molar-refractivity contribution >= 4 is 51.8 Å². The standard InChI is InChI=1S/C27H24Cl2F4N4O3/c1-37(2)11-12-39-35-10-9-34-25(38)20-8-7-19(17-5-3-4-6-18(17)20)23-15-26(40-36-23,27(31,32)33)16-13-21(28)24(30)22(29)14-16/h3-8,10,13-14H,9,11-12,15H2,1-2H3,(H,34,38). The van der Waals surface area contributed by atoms with Gasteiger partial charge in [-0.05, 0) is 43.1 Å². The number of oxime groups is 2. The van der Waals surface area contributed by atoms with E-state index in [0.717, 1.165) is 12.1 Å². The molecule has 1 N–H and O–H groups in total. The van der Waals surface area contributed by atoms with E-state index in [1.54, 1.807) is 24.3 Å². The maximum absolute atomic E-state index is 14.4. The Labute approximate surface area is 237 Å². The van der Waals surface area contributed by atoms with Crippen molar-refractivity contribution in [2.45, 2.75) is 18.2 Å². The van der Waals surface area contributed by atoms with Crippen LogP contribution in [0.5, 0.6) is 0 Å². The van der Waals surface area contributed by atoms with Crippen LogP contribution in [0, 0.1) is 5.82 Å². The molecular weight excluding hydrogens is 575 g/mol. The number of likely N-dealkylation sites (N-methyl/N-ethyl adjacent to an activating group) is 1. The largest absolute Gasteiger partial charge is 0.435 e. The zero-order valence-corrected chi connectivity index (χ0v) is 22.9. The van der Waals surface area contributed by atoms with Crippen LogP contribution in [0.4, 0.5) is 17.6 Å². The van der Waals surface area contributed by atoms with Crippen LogP contribution in [0.1, 0.15) is 27.9 Å². The van der Waals surface area contributed by atoms with Crippen molar-refractivity contribution in [1.29, 1.82) is 0 Å². The molecule has 1 amide bonds. The quantitative estimate of drug-likeness (QED) is 0.105. The van der Waals surface area contributed by atoms with Gasteiger partial charge in [-0.25, -0.2) is 4.39 Å². The molecule has 13 heteroatoms. The number of alkyl halides is 3. The first-order valence-electron chi connectivity index (χ1n) is 12.0. The number of rotatable bonds is 9. The third-order valence-corrected chi connectivity index (χ3v) is 6.80. The smallest absolute Gasteiger partial charge is 0.395 e. The van der Waals surface area contributed by atoms with Gasteiger partial charge < -0.3 is 19.9 Å². The van der Waals surface area contributed by atoms with E-state index in [2.05, 4.69) is 15.6 Å². The summed E-state index contributed by atoms with van der Waals surface area (Å²) in [5.74, 6) is -1.45. The lowest BCUT2D eigenvalue weighted by Crippen LogP contribution is -2.42. The summed E-state index contributed by atoms with van der Waals surface area (Å²) in [7, 11) is 3.80. The fraction of sp³-hybridized carbons (Fsp3) is 0.296. The fourth-order valence-corrected chi connectivity index (χ4v) is 4.67. The summed E-state index contributed by atoms with van der Waals surface area (Å²) in [6, 6.07) is 11.4. The molecular formula is C27H24Cl2F4N4O3. The highest BCUT2D eigenvalue weighted by Crippen LogP contribution is 2.50. The van der Waals surface area contributed by atoms with E-state index in [4.69, 9.17) is 32.9 Å². The second-order valence-electron chi connectivity index (χ2n) is 9.23. The lowest BCUT2D eigenvalue weighted by atomic mass is 9.85. The summed E-state index contributed by atoms with van der Waals surface area (Å²) in [5, 5.41) is 10.1. The summed E-state index contributed by atoms with van der Waals surface area (Å²) in [5.41, 5.74) is -2.79. The summed E-state index contributed by atoms with van der Waals surface area (Å²) in [6.45, 7) is 1.19. The molecule has 1 aliphatic heterocycles. The molecule has 7 nitrogen and oxygen atoms in total. The van der Waals surface area contributed by atoms with E-state index < -0.39 is 45.5 Å². The van der Waals surface area contributed by atoms with Crippen LogP contribution in [0.3, 0.4) is 0 Å². The van der Waals surface area contributed by atoms with Crippen LogP contribution in [-0.4, -0.2) is 62.7 Å². The zero-order valence-electron chi connectivity index (χ0n) is 21.4. The number of halogens is 6. The highest BCUT2D eigenvalue weighted by molar-refractivity contribution is 6.35. The number of benzene rings is 3. The first kappa shape index (κ1) is 29.6. The third-order valence-electron chi connectivity index (χ3n) is 6.25. The Bertz CT molecular complexity index is 1460. The van der Waals surface area contributed by atoms with E-state index in [-0.39, 0.29) is 12.3 Å². The topological polar surface area (TPSA) is 75.5 Å². The van der Waals surface area contributed by atoms with Crippen molar-refractivity contribution in [3.63, 3.8) is 0 Å². The molecule has 1 aliphatic rings. The Morgan fingerprint density at radius 2 is 1.85 bits per heavy atom. The molecule has 0 saturated heterocycles. The van der Waals surface area contributed by atoms with Crippen molar-refractivity contribution in [2.24, 2.45) is 10.3 Å². The molecule has 3 aromatic carbocycles. The number of nitrogens with one attached hydrogen (secondary N) is 1. The van der Waals surface area contributed by atoms with E-state index in [9.17, 15) is 22.4 Å². The van der Waals surface area contributed by atoms with Gasteiger partial charge in [-0.15, -0.1) is 0 Å². The van der Waals surface area contributed by atoms with Crippen molar-refractivity contribution in [3.05, 3.63) is 81.1 Å². The van der Waals surface area contributed by atoms with E-state index in [1.165, 1.54) is 18.3 Å². The zero-order chi connectivity index (χ0) is 29.1. The fourth-order valence-electron chi connectivity index (χ4n) is 4.19. The van der Waals surface area contributed by atoms with Gasteiger partial charge in [0.25, 0.3) is 11.5 Å². The van der Waals surface area contributed by atoms with Gasteiger partial charge in [-0.3, -0.25) is 4.79 Å². The third kappa shape index (κ3) is 6.01. The molecule has 4 rings (SSSR count). The second-order valence-corrected chi connectivity index (χ2v) is 10.0. The molecule has 0 radical (unpaired) electrons. The Morgan fingerprint density at radius 3 is 2.50 bits per heavy atom. The molecule has 212 valence electrons. The van der Waals surface area contributed by atoms with Crippen molar-refractivity contribution < 1.29 is 32.0 Å². The predicted molar refractivity (Wildman–Crippen MR) is 146 cm³/mol. The van der Waals surface area contributed by atoms with Gasteiger partial charge in [0.15, 0.2) is 5.82 Å². The van der Waals surface area contributed by atoms with Crippen molar-refractivity contribution in [2.75, 3.05) is 33.8 Å². The molecule has 1 unspecified atom stereocenters. The Balaban J connectivity index is 1.59. The molecule has 0 bridgehead atoms. The lowest BCUT2D eigenvalue weighted by molar-refractivity contribution is -0.275. The van der Waals surface area contributed by atoms with Gasteiger partial charge in [-0.2, -0.15) is 13.2 Å². The van der Waals surface area contributed by atoms with Gasteiger partial charge in [0.2, 0.25) is 0 Å². The Kier molecular flexibility index (Phi) is 8.86. The normalized spacial score (nSPS) is 17.4. The van der Waals surface area contributed by atoms with Crippen LogP contribution in [0.2, 0.25) is 10.0 Å².